The molecule has 27 heavy (non-hydrogen) atoms. The fourth-order valence-corrected chi connectivity index (χ4v) is 2.89. The summed E-state index contributed by atoms with van der Waals surface area (Å²) < 4.78 is 17.5. The summed E-state index contributed by atoms with van der Waals surface area (Å²) in [4.78, 5) is 11.9. The quantitative estimate of drug-likeness (QED) is 0.793. The normalized spacial score (nSPS) is 18.6. The zero-order valence-electron chi connectivity index (χ0n) is 17.2. The van der Waals surface area contributed by atoms with Gasteiger partial charge in [-0.25, -0.2) is 4.79 Å². The second-order valence-electron chi connectivity index (χ2n) is 9.04. The Balaban J connectivity index is 1.79. The first-order valence-corrected chi connectivity index (χ1v) is 9.26. The molecule has 0 bridgehead atoms. The number of hydrogen-bond donors (Lipinski definition) is 1. The van der Waals surface area contributed by atoms with Crippen LogP contribution in [0.15, 0.2) is 36.4 Å². The van der Waals surface area contributed by atoms with E-state index < -0.39 is 11.7 Å². The largest absolute Gasteiger partial charge is 0.494 e. The monoisotopic (exact) mass is 369 g/mol. The first kappa shape index (κ1) is 19.7. The molecule has 0 unspecified atom stereocenters. The van der Waals surface area contributed by atoms with Crippen molar-refractivity contribution in [1.82, 2.24) is 0 Å². The topological polar surface area (TPSA) is 56.8 Å². The third-order valence-corrected chi connectivity index (χ3v) is 5.03. The van der Waals surface area contributed by atoms with Crippen molar-refractivity contribution >= 4 is 35.1 Å². The van der Waals surface area contributed by atoms with Gasteiger partial charge in [-0.05, 0) is 76.8 Å². The first-order chi connectivity index (χ1) is 12.4. The highest BCUT2D eigenvalue weighted by molar-refractivity contribution is 6.62. The number of amides is 1. The number of ether oxygens (including phenoxy) is 1. The van der Waals surface area contributed by atoms with E-state index in [1.165, 1.54) is 0 Å². The lowest BCUT2D eigenvalue weighted by Crippen LogP contribution is -2.41. The van der Waals surface area contributed by atoms with Gasteiger partial charge in [0.1, 0.15) is 5.60 Å². The number of benzene rings is 2. The SMILES string of the molecule is CC(C)(C)OC(=O)Nc1ccc2cc(B3OC(C)(C)C(C)(C)O3)ccc2c1. The number of fused-ring (bicyclic) bond motifs is 1. The Kier molecular flexibility index (Phi) is 4.77. The third-order valence-electron chi connectivity index (χ3n) is 5.03. The molecule has 1 heterocycles. The van der Waals surface area contributed by atoms with E-state index in [9.17, 15) is 4.79 Å². The molecule has 6 heteroatoms. The molecule has 0 radical (unpaired) electrons. The van der Waals surface area contributed by atoms with Crippen molar-refractivity contribution in [3.63, 3.8) is 0 Å². The lowest BCUT2D eigenvalue weighted by molar-refractivity contribution is 0.00578. The van der Waals surface area contributed by atoms with Crippen LogP contribution in [0.4, 0.5) is 10.5 Å². The highest BCUT2D eigenvalue weighted by atomic mass is 16.7. The van der Waals surface area contributed by atoms with Crippen LogP contribution in [0.25, 0.3) is 10.8 Å². The predicted octanol–water partition coefficient (Wildman–Crippen LogP) is 4.49. The van der Waals surface area contributed by atoms with Gasteiger partial charge in [0.25, 0.3) is 0 Å². The number of anilines is 1. The van der Waals surface area contributed by atoms with Crippen LogP contribution in [0.2, 0.25) is 0 Å². The van der Waals surface area contributed by atoms with Gasteiger partial charge in [0.15, 0.2) is 0 Å². The minimum absolute atomic E-state index is 0.367. The van der Waals surface area contributed by atoms with Crippen LogP contribution in [-0.4, -0.2) is 30.0 Å². The summed E-state index contributed by atoms with van der Waals surface area (Å²) >= 11 is 0. The van der Waals surface area contributed by atoms with Crippen LogP contribution in [0.5, 0.6) is 0 Å². The molecular weight excluding hydrogens is 341 g/mol. The van der Waals surface area contributed by atoms with Gasteiger partial charge in [0.2, 0.25) is 0 Å². The molecule has 5 nitrogen and oxygen atoms in total. The van der Waals surface area contributed by atoms with Crippen LogP contribution >= 0.6 is 0 Å². The van der Waals surface area contributed by atoms with Crippen LogP contribution in [0.3, 0.4) is 0 Å². The van der Waals surface area contributed by atoms with Crippen molar-refractivity contribution in [3.8, 4) is 0 Å². The van der Waals surface area contributed by atoms with Crippen molar-refractivity contribution in [2.24, 2.45) is 0 Å². The summed E-state index contributed by atoms with van der Waals surface area (Å²) in [6, 6.07) is 11.8. The fraction of sp³-hybridized carbons (Fsp3) is 0.476. The van der Waals surface area contributed by atoms with Crippen LogP contribution in [0, 0.1) is 0 Å². The summed E-state index contributed by atoms with van der Waals surface area (Å²) in [6.45, 7) is 13.7. The lowest BCUT2D eigenvalue weighted by atomic mass is 9.78. The third kappa shape index (κ3) is 4.28. The van der Waals surface area contributed by atoms with E-state index in [2.05, 4.69) is 11.4 Å². The van der Waals surface area contributed by atoms with Crippen molar-refractivity contribution in [2.75, 3.05) is 5.32 Å². The molecule has 1 aliphatic rings. The predicted molar refractivity (Wildman–Crippen MR) is 110 cm³/mol. The van der Waals surface area contributed by atoms with E-state index >= 15 is 0 Å². The molecule has 1 fully saturated rings. The minimum atomic E-state index is -0.529. The molecule has 144 valence electrons. The summed E-state index contributed by atoms with van der Waals surface area (Å²) in [5.74, 6) is 0. The maximum absolute atomic E-state index is 11.9. The Morgan fingerprint density at radius 2 is 1.52 bits per heavy atom. The summed E-state index contributed by atoms with van der Waals surface area (Å²) in [6.07, 6.45) is -0.462. The molecule has 0 saturated carbocycles. The number of nitrogens with one attached hydrogen (secondary N) is 1. The summed E-state index contributed by atoms with van der Waals surface area (Å²) in [5.41, 5.74) is 0.412. The van der Waals surface area contributed by atoms with E-state index in [4.69, 9.17) is 14.0 Å². The molecule has 2 aromatic carbocycles. The van der Waals surface area contributed by atoms with Gasteiger partial charge >= 0.3 is 13.2 Å². The van der Waals surface area contributed by atoms with Gasteiger partial charge in [-0.15, -0.1) is 0 Å². The van der Waals surface area contributed by atoms with Gasteiger partial charge in [-0.2, -0.15) is 0 Å². The van der Waals surface area contributed by atoms with E-state index in [0.717, 1.165) is 16.2 Å². The lowest BCUT2D eigenvalue weighted by Gasteiger charge is -2.32. The first-order valence-electron chi connectivity index (χ1n) is 9.26. The van der Waals surface area contributed by atoms with E-state index in [1.54, 1.807) is 0 Å². The summed E-state index contributed by atoms with van der Waals surface area (Å²) in [5, 5.41) is 4.84. The number of hydrogen-bond acceptors (Lipinski definition) is 4. The molecule has 1 aliphatic heterocycles. The smallest absolute Gasteiger partial charge is 0.444 e. The average Bonchev–Trinajstić information content (AvgIpc) is 2.73. The molecule has 1 amide bonds. The second-order valence-corrected chi connectivity index (χ2v) is 9.04. The molecule has 0 atom stereocenters. The maximum Gasteiger partial charge on any atom is 0.494 e. The molecule has 3 rings (SSSR count). The van der Waals surface area contributed by atoms with Gasteiger partial charge in [0.05, 0.1) is 11.2 Å². The molecule has 0 spiro atoms. The van der Waals surface area contributed by atoms with Crippen molar-refractivity contribution in [3.05, 3.63) is 36.4 Å². The zero-order chi connectivity index (χ0) is 20.0. The number of carbonyl (C=O) groups is 1. The Morgan fingerprint density at radius 3 is 2.11 bits per heavy atom. The molecule has 0 aromatic heterocycles. The fourth-order valence-electron chi connectivity index (χ4n) is 2.89. The minimum Gasteiger partial charge on any atom is -0.444 e. The van der Waals surface area contributed by atoms with Gasteiger partial charge in [-0.3, -0.25) is 5.32 Å². The van der Waals surface area contributed by atoms with Crippen molar-refractivity contribution in [2.45, 2.75) is 65.3 Å². The van der Waals surface area contributed by atoms with Crippen molar-refractivity contribution < 1.29 is 18.8 Å². The molecule has 1 N–H and O–H groups in total. The average molecular weight is 369 g/mol. The Bertz CT molecular complexity index is 854. The maximum atomic E-state index is 11.9. The number of rotatable bonds is 2. The van der Waals surface area contributed by atoms with Crippen molar-refractivity contribution in [1.29, 1.82) is 0 Å². The van der Waals surface area contributed by atoms with E-state index in [1.807, 2.05) is 78.8 Å². The summed E-state index contributed by atoms with van der Waals surface area (Å²) in [7, 11) is -0.390. The van der Waals surface area contributed by atoms with Crippen LogP contribution < -0.4 is 10.8 Å². The van der Waals surface area contributed by atoms with E-state index in [-0.39, 0.29) is 18.3 Å². The van der Waals surface area contributed by atoms with E-state index in [0.29, 0.717) is 5.69 Å². The molecule has 0 aliphatic carbocycles. The zero-order valence-corrected chi connectivity index (χ0v) is 17.2. The van der Waals surface area contributed by atoms with Crippen LogP contribution in [0.1, 0.15) is 48.5 Å². The highest BCUT2D eigenvalue weighted by Crippen LogP contribution is 2.36. The van der Waals surface area contributed by atoms with Gasteiger partial charge in [-0.1, -0.05) is 24.3 Å². The second kappa shape index (κ2) is 6.53. The Hall–Kier alpha value is -2.05. The van der Waals surface area contributed by atoms with Crippen LogP contribution in [-0.2, 0) is 14.0 Å². The highest BCUT2D eigenvalue weighted by Gasteiger charge is 2.51. The Labute approximate surface area is 161 Å². The van der Waals surface area contributed by atoms with Gasteiger partial charge in [0, 0.05) is 5.69 Å². The molecular formula is C21H28BNO4. The Morgan fingerprint density at radius 1 is 0.963 bits per heavy atom. The number of carbonyl (C=O) groups excluding carboxylic acids is 1. The standard InChI is InChI=1S/C21H28BNO4/c1-19(2,3)25-18(24)23-17-11-9-14-12-16(10-8-15(14)13-17)22-26-20(4,5)21(6,7)27-22/h8-13H,1-7H3,(H,23,24). The van der Waals surface area contributed by atoms with Gasteiger partial charge < -0.3 is 14.0 Å². The molecule has 2 aromatic rings. The molecule has 1 saturated heterocycles.